The monoisotopic (exact) mass is 314 g/mol. The Kier molecular flexibility index (Phi) is 3.20. The summed E-state index contributed by atoms with van der Waals surface area (Å²) in [6.45, 7) is 4.10. The van der Waals surface area contributed by atoms with Crippen molar-refractivity contribution in [1.29, 1.82) is 0 Å². The average molecular weight is 314 g/mol. The number of aryl methyl sites for hydroxylation is 2. The first-order valence-corrected chi connectivity index (χ1v) is 7.99. The van der Waals surface area contributed by atoms with Crippen LogP contribution in [0.25, 0.3) is 32.7 Å². The van der Waals surface area contributed by atoms with Gasteiger partial charge >= 0.3 is 0 Å². The lowest BCUT2D eigenvalue weighted by molar-refractivity contribution is 0.412. The molecule has 4 aromatic carbocycles. The molecule has 0 heterocycles. The van der Waals surface area contributed by atoms with Crippen molar-refractivity contribution in [2.45, 2.75) is 13.8 Å². The minimum atomic E-state index is -0.0585. The molecule has 2 heteroatoms. The maximum absolute atomic E-state index is 10.4. The highest BCUT2D eigenvalue weighted by molar-refractivity contribution is 6.14. The topological polar surface area (TPSA) is 40.5 Å². The summed E-state index contributed by atoms with van der Waals surface area (Å²) in [5.41, 5.74) is 4.57. The van der Waals surface area contributed by atoms with Crippen molar-refractivity contribution in [2.24, 2.45) is 0 Å². The molecule has 0 saturated carbocycles. The summed E-state index contributed by atoms with van der Waals surface area (Å²) < 4.78 is 0. The third kappa shape index (κ3) is 2.19. The quantitative estimate of drug-likeness (QED) is 0.350. The van der Waals surface area contributed by atoms with Crippen LogP contribution in [-0.2, 0) is 0 Å². The Hall–Kier alpha value is -3.00. The van der Waals surface area contributed by atoms with Crippen molar-refractivity contribution >= 4 is 21.5 Å². The number of phenols is 2. The fourth-order valence-electron chi connectivity index (χ4n) is 3.24. The Labute approximate surface area is 140 Å². The Morgan fingerprint density at radius 2 is 1.00 bits per heavy atom. The molecule has 2 nitrogen and oxygen atoms in total. The predicted molar refractivity (Wildman–Crippen MR) is 99.7 cm³/mol. The van der Waals surface area contributed by atoms with Gasteiger partial charge in [-0.15, -0.1) is 0 Å². The predicted octanol–water partition coefficient (Wildman–Crippen LogP) is 5.69. The molecule has 0 amide bonds. The number of hydrogen-bond donors (Lipinski definition) is 2. The lowest BCUT2D eigenvalue weighted by Crippen LogP contribution is -1.85. The van der Waals surface area contributed by atoms with Gasteiger partial charge in [0.05, 0.1) is 0 Å². The zero-order valence-corrected chi connectivity index (χ0v) is 13.7. The van der Waals surface area contributed by atoms with Crippen molar-refractivity contribution in [2.75, 3.05) is 0 Å². The number of hydrogen-bond acceptors (Lipinski definition) is 2. The summed E-state index contributed by atoms with van der Waals surface area (Å²) in [5, 5.41) is 23.9. The lowest BCUT2D eigenvalue weighted by Gasteiger charge is -2.12. The summed E-state index contributed by atoms with van der Waals surface area (Å²) in [7, 11) is 0. The Morgan fingerprint density at radius 1 is 0.500 bits per heavy atom. The van der Waals surface area contributed by atoms with Gasteiger partial charge in [-0.25, -0.2) is 0 Å². The molecular weight excluding hydrogens is 296 g/mol. The smallest absolute Gasteiger partial charge is 0.166 e. The molecule has 0 unspecified atom stereocenters. The second-order valence-corrected chi connectivity index (χ2v) is 6.37. The summed E-state index contributed by atoms with van der Waals surface area (Å²) in [4.78, 5) is 0. The van der Waals surface area contributed by atoms with E-state index in [0.717, 1.165) is 27.5 Å². The largest absolute Gasteiger partial charge is 0.504 e. The van der Waals surface area contributed by atoms with E-state index in [-0.39, 0.29) is 11.5 Å². The van der Waals surface area contributed by atoms with Crippen molar-refractivity contribution in [1.82, 2.24) is 0 Å². The zero-order chi connectivity index (χ0) is 16.8. The van der Waals surface area contributed by atoms with Gasteiger partial charge in [-0.2, -0.15) is 0 Å². The highest BCUT2D eigenvalue weighted by Gasteiger charge is 2.14. The van der Waals surface area contributed by atoms with Crippen molar-refractivity contribution in [3.05, 3.63) is 71.8 Å². The van der Waals surface area contributed by atoms with Gasteiger partial charge < -0.3 is 10.2 Å². The highest BCUT2D eigenvalue weighted by atomic mass is 16.3. The molecule has 4 rings (SSSR count). The maximum atomic E-state index is 10.4. The van der Waals surface area contributed by atoms with E-state index in [1.54, 1.807) is 0 Å². The molecule has 24 heavy (non-hydrogen) atoms. The lowest BCUT2D eigenvalue weighted by atomic mass is 9.95. The number of rotatable bonds is 1. The number of phenolic OH excluding ortho intramolecular Hbond substituents is 2. The van der Waals surface area contributed by atoms with Crippen LogP contribution in [0.1, 0.15) is 11.1 Å². The van der Waals surface area contributed by atoms with Crippen LogP contribution in [0.4, 0.5) is 0 Å². The molecule has 0 aliphatic rings. The van der Waals surface area contributed by atoms with E-state index in [9.17, 15) is 10.2 Å². The number of fused-ring (bicyclic) bond motifs is 3. The van der Waals surface area contributed by atoms with Crippen LogP contribution >= 0.6 is 0 Å². The molecule has 2 N–H and O–H groups in total. The fraction of sp³-hybridized carbons (Fsp3) is 0.0909. The van der Waals surface area contributed by atoms with Gasteiger partial charge in [-0.05, 0) is 47.9 Å². The maximum Gasteiger partial charge on any atom is 0.166 e. The van der Waals surface area contributed by atoms with Crippen LogP contribution in [0.5, 0.6) is 11.5 Å². The highest BCUT2D eigenvalue weighted by Crippen LogP contribution is 2.43. The van der Waals surface area contributed by atoms with Gasteiger partial charge in [0.15, 0.2) is 11.5 Å². The van der Waals surface area contributed by atoms with Crippen molar-refractivity contribution in [3.63, 3.8) is 0 Å². The molecule has 0 fully saturated rings. The standard InChI is InChI=1S/C22H18O2/c1-13-3-6-15(7-4-13)16-8-10-18-20(12-16)19-11-14(2)5-9-17(19)21(23)22(18)24/h3-12,23-24H,1-2H3. The first kappa shape index (κ1) is 14.6. The number of benzene rings is 4. The second kappa shape index (κ2) is 5.27. The minimum Gasteiger partial charge on any atom is -0.504 e. The van der Waals surface area contributed by atoms with E-state index in [1.807, 2.05) is 31.2 Å². The zero-order valence-electron chi connectivity index (χ0n) is 13.7. The van der Waals surface area contributed by atoms with E-state index >= 15 is 0 Å². The molecular formula is C22H18O2. The van der Waals surface area contributed by atoms with E-state index in [4.69, 9.17) is 0 Å². The van der Waals surface area contributed by atoms with Crippen molar-refractivity contribution in [3.8, 4) is 22.6 Å². The molecule has 118 valence electrons. The molecule has 0 saturated heterocycles. The van der Waals surface area contributed by atoms with Crippen molar-refractivity contribution < 1.29 is 10.2 Å². The normalized spacial score (nSPS) is 11.2. The summed E-state index contributed by atoms with van der Waals surface area (Å²) in [6, 6.07) is 20.2. The molecule has 4 aromatic rings. The van der Waals surface area contributed by atoms with Gasteiger partial charge in [0, 0.05) is 10.8 Å². The van der Waals surface area contributed by atoms with E-state index in [2.05, 4.69) is 43.3 Å². The molecule has 0 bridgehead atoms. The fourth-order valence-corrected chi connectivity index (χ4v) is 3.24. The average Bonchev–Trinajstić information content (AvgIpc) is 2.60. The summed E-state index contributed by atoms with van der Waals surface area (Å²) in [6.07, 6.45) is 0. The molecule has 0 spiro atoms. The van der Waals surface area contributed by atoms with Gasteiger partial charge in [-0.3, -0.25) is 0 Å². The van der Waals surface area contributed by atoms with Crippen LogP contribution in [0.15, 0.2) is 60.7 Å². The first-order valence-electron chi connectivity index (χ1n) is 7.99. The van der Waals surface area contributed by atoms with Crippen LogP contribution in [-0.4, -0.2) is 10.2 Å². The Morgan fingerprint density at radius 3 is 1.67 bits per heavy atom. The second-order valence-electron chi connectivity index (χ2n) is 6.37. The van der Waals surface area contributed by atoms with Crippen LogP contribution in [0.3, 0.4) is 0 Å². The SMILES string of the molecule is Cc1ccc(-c2ccc3c(O)c(O)c4ccc(C)cc4c3c2)cc1. The van der Waals surface area contributed by atoms with Gasteiger partial charge in [0.25, 0.3) is 0 Å². The van der Waals surface area contributed by atoms with Gasteiger partial charge in [0.1, 0.15) is 0 Å². The summed E-state index contributed by atoms with van der Waals surface area (Å²) >= 11 is 0. The molecule has 0 atom stereocenters. The molecule has 0 aromatic heterocycles. The van der Waals surface area contributed by atoms with E-state index in [1.165, 1.54) is 5.56 Å². The number of aromatic hydroxyl groups is 2. The van der Waals surface area contributed by atoms with E-state index in [0.29, 0.717) is 10.8 Å². The third-order valence-electron chi connectivity index (χ3n) is 4.60. The van der Waals surface area contributed by atoms with Crippen LogP contribution < -0.4 is 0 Å². The first-order chi connectivity index (χ1) is 11.5. The third-order valence-corrected chi connectivity index (χ3v) is 4.60. The Bertz CT molecular complexity index is 1080. The minimum absolute atomic E-state index is 0.0550. The molecule has 0 aliphatic heterocycles. The molecule has 0 radical (unpaired) electrons. The summed E-state index contributed by atoms with van der Waals surface area (Å²) in [5.74, 6) is -0.114. The van der Waals surface area contributed by atoms with Gasteiger partial charge in [0.2, 0.25) is 0 Å². The Balaban J connectivity index is 2.08. The van der Waals surface area contributed by atoms with Crippen LogP contribution in [0, 0.1) is 13.8 Å². The van der Waals surface area contributed by atoms with Crippen LogP contribution in [0.2, 0.25) is 0 Å². The van der Waals surface area contributed by atoms with E-state index < -0.39 is 0 Å². The molecule has 0 aliphatic carbocycles. The van der Waals surface area contributed by atoms with Gasteiger partial charge in [-0.1, -0.05) is 59.7 Å².